The van der Waals surface area contributed by atoms with Crippen LogP contribution in [0.15, 0.2) is 30.5 Å². The van der Waals surface area contributed by atoms with Gasteiger partial charge in [-0.1, -0.05) is 12.1 Å². The van der Waals surface area contributed by atoms with Crippen LogP contribution in [0.3, 0.4) is 0 Å². The maximum Gasteiger partial charge on any atom is 0.251 e. The fourth-order valence-electron chi connectivity index (χ4n) is 2.49. The molecule has 1 aromatic carbocycles. The number of aromatic nitrogens is 2. The van der Waals surface area contributed by atoms with Crippen molar-refractivity contribution in [3.8, 4) is 11.3 Å². The van der Waals surface area contributed by atoms with Crippen LogP contribution in [-0.4, -0.2) is 22.5 Å². The van der Waals surface area contributed by atoms with Crippen LogP contribution in [0.2, 0.25) is 0 Å². The van der Waals surface area contributed by atoms with Crippen molar-refractivity contribution < 1.29 is 4.79 Å². The minimum Gasteiger partial charge on any atom is -0.355 e. The molecular weight excluding hydrogens is 238 g/mol. The van der Waals surface area contributed by atoms with Crippen molar-refractivity contribution >= 4 is 5.91 Å². The molecule has 0 radical (unpaired) electrons. The average molecular weight is 255 g/mol. The zero-order valence-electron chi connectivity index (χ0n) is 11.0. The summed E-state index contributed by atoms with van der Waals surface area (Å²) in [4.78, 5) is 16.2. The van der Waals surface area contributed by atoms with Gasteiger partial charge in [0.1, 0.15) is 5.82 Å². The molecule has 1 aliphatic rings. The molecule has 1 amide bonds. The molecule has 1 N–H and O–H groups in total. The fourth-order valence-corrected chi connectivity index (χ4v) is 2.49. The molecule has 0 atom stereocenters. The summed E-state index contributed by atoms with van der Waals surface area (Å²) in [5, 5.41) is 2.62. The summed E-state index contributed by atoms with van der Waals surface area (Å²) < 4.78 is 2.24. The SMILES string of the molecule is CNC(=O)c1ccc(-c2cn3c(n2)CCCC3)cc1. The van der Waals surface area contributed by atoms with Crippen LogP contribution in [-0.2, 0) is 13.0 Å². The Bertz CT molecular complexity index is 575. The molecular formula is C15H17N3O. The first-order chi connectivity index (χ1) is 9.28. The van der Waals surface area contributed by atoms with Crippen molar-refractivity contribution in [2.45, 2.75) is 25.8 Å². The molecule has 3 rings (SSSR count). The lowest BCUT2D eigenvalue weighted by atomic mass is 10.1. The van der Waals surface area contributed by atoms with Crippen molar-refractivity contribution in [2.24, 2.45) is 0 Å². The number of aryl methyl sites for hydroxylation is 2. The molecule has 0 saturated carbocycles. The number of hydrogen-bond donors (Lipinski definition) is 1. The standard InChI is InChI=1S/C15H17N3O/c1-16-15(19)12-7-5-11(6-8-12)13-10-18-9-3-2-4-14(18)17-13/h5-8,10H,2-4,9H2,1H3,(H,16,19). The highest BCUT2D eigenvalue weighted by atomic mass is 16.1. The number of nitrogens with one attached hydrogen (secondary N) is 1. The minimum atomic E-state index is -0.0596. The van der Waals surface area contributed by atoms with E-state index in [4.69, 9.17) is 0 Å². The van der Waals surface area contributed by atoms with E-state index >= 15 is 0 Å². The number of carbonyl (C=O) groups is 1. The largest absolute Gasteiger partial charge is 0.355 e. The number of amides is 1. The summed E-state index contributed by atoms with van der Waals surface area (Å²) in [6, 6.07) is 7.59. The van der Waals surface area contributed by atoms with Crippen molar-refractivity contribution in [3.63, 3.8) is 0 Å². The van der Waals surface area contributed by atoms with E-state index in [9.17, 15) is 4.79 Å². The molecule has 98 valence electrons. The lowest BCUT2D eigenvalue weighted by Crippen LogP contribution is -2.17. The van der Waals surface area contributed by atoms with Crippen LogP contribution in [0.4, 0.5) is 0 Å². The van der Waals surface area contributed by atoms with E-state index in [0.29, 0.717) is 5.56 Å². The first kappa shape index (κ1) is 12.0. The van der Waals surface area contributed by atoms with Crippen LogP contribution in [0, 0.1) is 0 Å². The van der Waals surface area contributed by atoms with E-state index in [0.717, 1.165) is 24.2 Å². The van der Waals surface area contributed by atoms with Crippen molar-refractivity contribution in [1.82, 2.24) is 14.9 Å². The van der Waals surface area contributed by atoms with E-state index in [2.05, 4.69) is 21.1 Å². The Hall–Kier alpha value is -2.10. The van der Waals surface area contributed by atoms with Gasteiger partial charge >= 0.3 is 0 Å². The Labute approximate surface area is 112 Å². The summed E-state index contributed by atoms with van der Waals surface area (Å²) in [6.07, 6.45) is 5.64. The van der Waals surface area contributed by atoms with Gasteiger partial charge in [0.15, 0.2) is 0 Å². The predicted molar refractivity (Wildman–Crippen MR) is 74.0 cm³/mol. The lowest BCUT2D eigenvalue weighted by Gasteiger charge is -2.11. The Morgan fingerprint density at radius 1 is 1.26 bits per heavy atom. The second-order valence-electron chi connectivity index (χ2n) is 4.85. The van der Waals surface area contributed by atoms with Gasteiger partial charge in [-0.25, -0.2) is 4.98 Å². The van der Waals surface area contributed by atoms with E-state index < -0.39 is 0 Å². The molecule has 1 aliphatic heterocycles. The third-order valence-corrected chi connectivity index (χ3v) is 3.58. The predicted octanol–water partition coefficient (Wildman–Crippen LogP) is 2.25. The molecule has 2 aromatic rings. The summed E-state index contributed by atoms with van der Waals surface area (Å²) in [6.45, 7) is 1.07. The molecule has 2 heterocycles. The highest BCUT2D eigenvalue weighted by Gasteiger charge is 2.13. The third-order valence-electron chi connectivity index (χ3n) is 3.58. The Morgan fingerprint density at radius 2 is 2.05 bits per heavy atom. The summed E-state index contributed by atoms with van der Waals surface area (Å²) in [5.74, 6) is 1.12. The van der Waals surface area contributed by atoms with Gasteiger partial charge in [0.05, 0.1) is 5.69 Å². The first-order valence-corrected chi connectivity index (χ1v) is 6.66. The van der Waals surface area contributed by atoms with E-state index in [1.807, 2.05) is 24.3 Å². The maximum atomic E-state index is 11.5. The molecule has 0 bridgehead atoms. The van der Waals surface area contributed by atoms with Gasteiger partial charge in [-0.05, 0) is 25.0 Å². The molecule has 0 aliphatic carbocycles. The minimum absolute atomic E-state index is 0.0596. The lowest BCUT2D eigenvalue weighted by molar-refractivity contribution is 0.0963. The molecule has 0 unspecified atom stereocenters. The second kappa shape index (κ2) is 4.88. The van der Waals surface area contributed by atoms with Gasteiger partial charge in [-0.15, -0.1) is 0 Å². The van der Waals surface area contributed by atoms with Crippen LogP contribution >= 0.6 is 0 Å². The molecule has 4 heteroatoms. The second-order valence-corrected chi connectivity index (χ2v) is 4.85. The highest BCUT2D eigenvalue weighted by Crippen LogP contribution is 2.22. The van der Waals surface area contributed by atoms with Gasteiger partial charge < -0.3 is 9.88 Å². The number of hydrogen-bond acceptors (Lipinski definition) is 2. The molecule has 1 aromatic heterocycles. The maximum absolute atomic E-state index is 11.5. The normalized spacial score (nSPS) is 13.9. The number of fused-ring (bicyclic) bond motifs is 1. The highest BCUT2D eigenvalue weighted by molar-refractivity contribution is 5.94. The molecule has 0 saturated heterocycles. The third kappa shape index (κ3) is 2.26. The Balaban J connectivity index is 1.89. The molecule has 0 spiro atoms. The summed E-state index contributed by atoms with van der Waals surface area (Å²) in [7, 11) is 1.64. The van der Waals surface area contributed by atoms with Crippen LogP contribution in [0.1, 0.15) is 29.0 Å². The number of rotatable bonds is 2. The van der Waals surface area contributed by atoms with Gasteiger partial charge in [0, 0.05) is 37.3 Å². The Morgan fingerprint density at radius 3 is 2.74 bits per heavy atom. The zero-order valence-corrected chi connectivity index (χ0v) is 11.0. The van der Waals surface area contributed by atoms with E-state index in [-0.39, 0.29) is 5.91 Å². The fraction of sp³-hybridized carbons (Fsp3) is 0.333. The van der Waals surface area contributed by atoms with Crippen LogP contribution < -0.4 is 5.32 Å². The summed E-state index contributed by atoms with van der Waals surface area (Å²) in [5.41, 5.74) is 2.74. The van der Waals surface area contributed by atoms with Gasteiger partial charge in [0.2, 0.25) is 0 Å². The summed E-state index contributed by atoms with van der Waals surface area (Å²) >= 11 is 0. The average Bonchev–Trinajstić information content (AvgIpc) is 2.90. The van der Waals surface area contributed by atoms with Crippen molar-refractivity contribution in [1.29, 1.82) is 0 Å². The number of carbonyl (C=O) groups excluding carboxylic acids is 1. The first-order valence-electron chi connectivity index (χ1n) is 6.66. The number of benzene rings is 1. The van der Waals surface area contributed by atoms with Crippen molar-refractivity contribution in [3.05, 3.63) is 41.9 Å². The smallest absolute Gasteiger partial charge is 0.251 e. The molecule has 0 fully saturated rings. The van der Waals surface area contributed by atoms with Gasteiger partial charge in [0.25, 0.3) is 5.91 Å². The van der Waals surface area contributed by atoms with Gasteiger partial charge in [-0.2, -0.15) is 0 Å². The number of imidazole rings is 1. The van der Waals surface area contributed by atoms with Crippen LogP contribution in [0.25, 0.3) is 11.3 Å². The van der Waals surface area contributed by atoms with E-state index in [1.165, 1.54) is 18.7 Å². The zero-order chi connectivity index (χ0) is 13.2. The van der Waals surface area contributed by atoms with Gasteiger partial charge in [-0.3, -0.25) is 4.79 Å². The molecule has 19 heavy (non-hydrogen) atoms. The topological polar surface area (TPSA) is 46.9 Å². The molecule has 4 nitrogen and oxygen atoms in total. The van der Waals surface area contributed by atoms with Crippen LogP contribution in [0.5, 0.6) is 0 Å². The Kier molecular flexibility index (Phi) is 3.07. The monoisotopic (exact) mass is 255 g/mol. The quantitative estimate of drug-likeness (QED) is 0.894. The van der Waals surface area contributed by atoms with Crippen molar-refractivity contribution in [2.75, 3.05) is 7.05 Å². The number of nitrogens with zero attached hydrogens (tertiary/aromatic N) is 2. The van der Waals surface area contributed by atoms with E-state index in [1.54, 1.807) is 7.05 Å².